The number of anilines is 1. The van der Waals surface area contributed by atoms with Gasteiger partial charge < -0.3 is 15.0 Å². The molecule has 0 amide bonds. The predicted octanol–water partition coefficient (Wildman–Crippen LogP) is 2.56. The third-order valence-electron chi connectivity index (χ3n) is 3.80. The van der Waals surface area contributed by atoms with Gasteiger partial charge in [0.1, 0.15) is 6.10 Å². The Labute approximate surface area is 139 Å². The molecule has 2 N–H and O–H groups in total. The van der Waals surface area contributed by atoms with Crippen LogP contribution in [0, 0.1) is 0 Å². The van der Waals surface area contributed by atoms with Crippen molar-refractivity contribution in [3.05, 3.63) is 71.0 Å². The lowest BCUT2D eigenvalue weighted by atomic mass is 10.1. The first-order chi connectivity index (χ1) is 11.5. The van der Waals surface area contributed by atoms with Gasteiger partial charge >= 0.3 is 0 Å². The highest BCUT2D eigenvalue weighted by atomic mass is 16.5. The van der Waals surface area contributed by atoms with Crippen LogP contribution in [0.15, 0.2) is 59.9 Å². The van der Waals surface area contributed by atoms with Gasteiger partial charge in [0.25, 0.3) is 5.56 Å². The van der Waals surface area contributed by atoms with Crippen molar-refractivity contribution in [2.45, 2.75) is 13.0 Å². The zero-order valence-electron chi connectivity index (χ0n) is 13.5. The van der Waals surface area contributed by atoms with Crippen LogP contribution in [-0.4, -0.2) is 14.5 Å². The molecule has 0 aromatic carbocycles. The maximum Gasteiger partial charge on any atom is 0.250 e. The van der Waals surface area contributed by atoms with Crippen LogP contribution in [0.5, 0.6) is 5.75 Å². The van der Waals surface area contributed by atoms with E-state index in [1.165, 1.54) is 4.57 Å². The van der Waals surface area contributed by atoms with Crippen molar-refractivity contribution in [2.24, 2.45) is 7.05 Å². The second-order valence-electron chi connectivity index (χ2n) is 5.51. The minimum Gasteiger partial charge on any atom is -0.482 e. The molecule has 0 saturated carbocycles. The molecule has 0 radical (unpaired) electrons. The molecular formula is C18H18N4O2. The van der Waals surface area contributed by atoms with E-state index in [1.807, 2.05) is 25.1 Å². The first-order valence-corrected chi connectivity index (χ1v) is 7.54. The number of hydrogen-bond donors (Lipinski definition) is 1. The predicted molar refractivity (Wildman–Crippen MR) is 92.6 cm³/mol. The number of pyridine rings is 3. The van der Waals surface area contributed by atoms with Gasteiger partial charge in [-0.1, -0.05) is 0 Å². The molecule has 3 aromatic heterocycles. The monoisotopic (exact) mass is 322 g/mol. The molecule has 0 spiro atoms. The summed E-state index contributed by atoms with van der Waals surface area (Å²) in [5, 5.41) is 0. The third-order valence-corrected chi connectivity index (χ3v) is 3.80. The summed E-state index contributed by atoms with van der Waals surface area (Å²) in [4.78, 5) is 20.0. The number of hydrogen-bond acceptors (Lipinski definition) is 5. The Balaban J connectivity index is 1.91. The van der Waals surface area contributed by atoms with E-state index in [1.54, 1.807) is 44.0 Å². The van der Waals surface area contributed by atoms with E-state index in [9.17, 15) is 4.79 Å². The summed E-state index contributed by atoms with van der Waals surface area (Å²) < 4.78 is 7.46. The van der Waals surface area contributed by atoms with Crippen molar-refractivity contribution in [3.8, 4) is 16.9 Å². The Morgan fingerprint density at radius 3 is 2.62 bits per heavy atom. The van der Waals surface area contributed by atoms with E-state index >= 15 is 0 Å². The maximum absolute atomic E-state index is 11.8. The van der Waals surface area contributed by atoms with Gasteiger partial charge in [0, 0.05) is 43.5 Å². The summed E-state index contributed by atoms with van der Waals surface area (Å²) in [5.41, 5.74) is 8.38. The van der Waals surface area contributed by atoms with E-state index in [0.717, 1.165) is 16.7 Å². The molecular weight excluding hydrogens is 304 g/mol. The molecule has 0 aliphatic rings. The van der Waals surface area contributed by atoms with Gasteiger partial charge in [-0.05, 0) is 42.3 Å². The van der Waals surface area contributed by atoms with Crippen molar-refractivity contribution in [2.75, 3.05) is 5.73 Å². The smallest absolute Gasteiger partial charge is 0.250 e. The van der Waals surface area contributed by atoms with Crippen molar-refractivity contribution in [1.82, 2.24) is 14.5 Å². The summed E-state index contributed by atoms with van der Waals surface area (Å²) in [6, 6.07) is 8.99. The van der Waals surface area contributed by atoms with Gasteiger partial charge in [0.05, 0.1) is 0 Å². The quantitative estimate of drug-likeness (QED) is 0.798. The lowest BCUT2D eigenvalue weighted by Gasteiger charge is -2.16. The lowest BCUT2D eigenvalue weighted by Crippen LogP contribution is -2.14. The first-order valence-electron chi connectivity index (χ1n) is 7.54. The van der Waals surface area contributed by atoms with Gasteiger partial charge in [-0.2, -0.15) is 0 Å². The normalized spacial score (nSPS) is 11.9. The number of nitrogens with zero attached hydrogens (tertiary/aromatic N) is 3. The van der Waals surface area contributed by atoms with Gasteiger partial charge in [0.2, 0.25) is 0 Å². The second kappa shape index (κ2) is 6.54. The van der Waals surface area contributed by atoms with Crippen molar-refractivity contribution < 1.29 is 4.74 Å². The van der Waals surface area contributed by atoms with E-state index < -0.39 is 0 Å². The summed E-state index contributed by atoms with van der Waals surface area (Å²) in [7, 11) is 1.71. The molecule has 6 nitrogen and oxygen atoms in total. The van der Waals surface area contributed by atoms with E-state index in [2.05, 4.69) is 9.97 Å². The van der Waals surface area contributed by atoms with Crippen LogP contribution < -0.4 is 16.0 Å². The summed E-state index contributed by atoms with van der Waals surface area (Å²) in [6.45, 7) is 1.93. The van der Waals surface area contributed by atoms with Crippen LogP contribution in [0.4, 0.5) is 5.82 Å². The van der Waals surface area contributed by atoms with Crippen molar-refractivity contribution in [3.63, 3.8) is 0 Å². The van der Waals surface area contributed by atoms with Gasteiger partial charge in [-0.3, -0.25) is 9.78 Å². The van der Waals surface area contributed by atoms with Crippen molar-refractivity contribution in [1.29, 1.82) is 0 Å². The number of nitrogens with two attached hydrogens (primary N) is 1. The van der Waals surface area contributed by atoms with Gasteiger partial charge in [0.15, 0.2) is 11.6 Å². The summed E-state index contributed by atoms with van der Waals surface area (Å²) in [5.74, 6) is 0.793. The lowest BCUT2D eigenvalue weighted by molar-refractivity contribution is 0.227. The van der Waals surface area contributed by atoms with Crippen LogP contribution >= 0.6 is 0 Å². The molecule has 3 rings (SSSR count). The molecule has 24 heavy (non-hydrogen) atoms. The van der Waals surface area contributed by atoms with Crippen LogP contribution in [0.2, 0.25) is 0 Å². The molecule has 3 aromatic rings. The zero-order chi connectivity index (χ0) is 17.1. The van der Waals surface area contributed by atoms with Crippen LogP contribution in [0.1, 0.15) is 18.6 Å². The Hall–Kier alpha value is -3.15. The highest BCUT2D eigenvalue weighted by molar-refractivity contribution is 5.66. The molecule has 0 saturated heterocycles. The minimum absolute atomic E-state index is 0.0862. The number of aryl methyl sites for hydroxylation is 1. The molecule has 6 heteroatoms. The Morgan fingerprint density at radius 1 is 1.17 bits per heavy atom. The summed E-state index contributed by atoms with van der Waals surface area (Å²) in [6.07, 6.45) is 6.58. The SMILES string of the molecule is CC(Oc1cc(-c2ccn(C)c(=O)c2)cnc1N)c1ccncc1. The Bertz CT molecular complexity index is 906. The fourth-order valence-corrected chi connectivity index (χ4v) is 2.33. The molecule has 0 aliphatic heterocycles. The average Bonchev–Trinajstić information content (AvgIpc) is 2.60. The first kappa shape index (κ1) is 15.7. The molecule has 1 unspecified atom stereocenters. The zero-order valence-corrected chi connectivity index (χ0v) is 13.5. The third kappa shape index (κ3) is 3.27. The van der Waals surface area contributed by atoms with E-state index in [0.29, 0.717) is 11.6 Å². The summed E-state index contributed by atoms with van der Waals surface area (Å²) >= 11 is 0. The highest BCUT2D eigenvalue weighted by Crippen LogP contribution is 2.30. The fraction of sp³-hybridized carbons (Fsp3) is 0.167. The molecule has 122 valence electrons. The molecule has 0 bridgehead atoms. The standard InChI is InChI=1S/C18H18N4O2/c1-12(13-3-6-20-7-4-13)24-16-9-15(11-21-18(16)19)14-5-8-22(2)17(23)10-14/h3-12H,1-2H3,(H2,19,21). The van der Waals surface area contributed by atoms with E-state index in [4.69, 9.17) is 10.5 Å². The topological polar surface area (TPSA) is 83.0 Å². The van der Waals surface area contributed by atoms with Gasteiger partial charge in [-0.25, -0.2) is 4.98 Å². The molecule has 3 heterocycles. The largest absolute Gasteiger partial charge is 0.482 e. The minimum atomic E-state index is -0.198. The van der Waals surface area contributed by atoms with Crippen LogP contribution in [-0.2, 0) is 7.05 Å². The highest BCUT2D eigenvalue weighted by Gasteiger charge is 2.12. The number of ether oxygens (including phenoxy) is 1. The van der Waals surface area contributed by atoms with Gasteiger partial charge in [-0.15, -0.1) is 0 Å². The van der Waals surface area contributed by atoms with E-state index in [-0.39, 0.29) is 11.7 Å². The number of rotatable bonds is 4. The molecule has 0 aliphatic carbocycles. The van der Waals surface area contributed by atoms with Crippen molar-refractivity contribution >= 4 is 5.82 Å². The number of nitrogen functional groups attached to an aromatic ring is 1. The fourth-order valence-electron chi connectivity index (χ4n) is 2.33. The molecule has 1 atom stereocenters. The Morgan fingerprint density at radius 2 is 1.92 bits per heavy atom. The Kier molecular flexibility index (Phi) is 4.29. The van der Waals surface area contributed by atoms with Crippen LogP contribution in [0.25, 0.3) is 11.1 Å². The number of aromatic nitrogens is 3. The van der Waals surface area contributed by atoms with Crippen LogP contribution in [0.3, 0.4) is 0 Å². The second-order valence-corrected chi connectivity index (χ2v) is 5.51. The molecule has 0 fully saturated rings. The average molecular weight is 322 g/mol. The maximum atomic E-state index is 11.8.